The van der Waals surface area contributed by atoms with Crippen LogP contribution in [-0.4, -0.2) is 31.1 Å². The van der Waals surface area contributed by atoms with Crippen molar-refractivity contribution in [1.29, 1.82) is 0 Å². The number of amides is 3. The molecule has 0 fully saturated rings. The molecule has 0 saturated heterocycles. The van der Waals surface area contributed by atoms with Crippen molar-refractivity contribution < 1.29 is 23.5 Å². The van der Waals surface area contributed by atoms with Crippen LogP contribution in [0.2, 0.25) is 0 Å². The number of hydrogen-bond acceptors (Lipinski definition) is 5. The van der Waals surface area contributed by atoms with E-state index in [9.17, 15) is 18.8 Å². The number of imide groups is 1. The molecule has 0 bridgehead atoms. The number of para-hydroxylation sites is 1. The molecule has 1 unspecified atom stereocenters. The number of rotatable bonds is 5. The molecule has 0 spiro atoms. The summed E-state index contributed by atoms with van der Waals surface area (Å²) in [5.74, 6) is -1.87. The van der Waals surface area contributed by atoms with Crippen molar-refractivity contribution in [2.24, 2.45) is 0 Å². The molecule has 26 heavy (non-hydrogen) atoms. The summed E-state index contributed by atoms with van der Waals surface area (Å²) in [6, 6.07) is 11.5. The zero-order valence-electron chi connectivity index (χ0n) is 14.2. The van der Waals surface area contributed by atoms with Gasteiger partial charge in [-0.05, 0) is 43.3 Å². The third kappa shape index (κ3) is 5.04. The van der Waals surface area contributed by atoms with Crippen molar-refractivity contribution in [3.63, 3.8) is 0 Å². The molecule has 0 heterocycles. The molecule has 0 radical (unpaired) electrons. The van der Waals surface area contributed by atoms with Crippen LogP contribution in [0.1, 0.15) is 17.3 Å². The maximum atomic E-state index is 13.0. The van der Waals surface area contributed by atoms with Crippen LogP contribution in [0.3, 0.4) is 0 Å². The number of hydrogen-bond donors (Lipinski definition) is 3. The molecule has 3 N–H and O–H groups in total. The van der Waals surface area contributed by atoms with Gasteiger partial charge in [0.25, 0.3) is 5.91 Å². The van der Waals surface area contributed by atoms with Crippen LogP contribution >= 0.6 is 0 Å². The lowest BCUT2D eigenvalue weighted by Gasteiger charge is -2.15. The minimum Gasteiger partial charge on any atom is -0.449 e. The summed E-state index contributed by atoms with van der Waals surface area (Å²) in [5, 5.41) is 7.25. The predicted octanol–water partition coefficient (Wildman–Crippen LogP) is 2.57. The van der Waals surface area contributed by atoms with Crippen LogP contribution in [0.4, 0.5) is 20.6 Å². The quantitative estimate of drug-likeness (QED) is 0.713. The van der Waals surface area contributed by atoms with Crippen molar-refractivity contribution in [3.05, 3.63) is 59.9 Å². The van der Waals surface area contributed by atoms with Crippen molar-refractivity contribution in [2.75, 3.05) is 12.4 Å². The summed E-state index contributed by atoms with van der Waals surface area (Å²) < 4.78 is 18.1. The number of urea groups is 1. The van der Waals surface area contributed by atoms with E-state index in [0.29, 0.717) is 11.4 Å². The number of esters is 1. The van der Waals surface area contributed by atoms with E-state index in [1.807, 2.05) is 5.32 Å². The highest BCUT2D eigenvalue weighted by Gasteiger charge is 2.22. The average Bonchev–Trinajstić information content (AvgIpc) is 2.63. The van der Waals surface area contributed by atoms with Gasteiger partial charge in [0.2, 0.25) is 0 Å². The number of carbonyl (C=O) groups excluding carboxylic acids is 3. The van der Waals surface area contributed by atoms with E-state index in [4.69, 9.17) is 4.74 Å². The van der Waals surface area contributed by atoms with Crippen molar-refractivity contribution in [2.45, 2.75) is 13.0 Å². The first-order valence-corrected chi connectivity index (χ1v) is 7.76. The molecule has 1 atom stereocenters. The third-order valence-corrected chi connectivity index (χ3v) is 3.39. The van der Waals surface area contributed by atoms with Gasteiger partial charge in [0.05, 0.1) is 11.3 Å². The van der Waals surface area contributed by atoms with Gasteiger partial charge in [-0.2, -0.15) is 0 Å². The Morgan fingerprint density at radius 3 is 2.35 bits per heavy atom. The zero-order chi connectivity index (χ0) is 19.1. The number of halogens is 1. The zero-order valence-corrected chi connectivity index (χ0v) is 14.2. The summed E-state index contributed by atoms with van der Waals surface area (Å²) >= 11 is 0. The van der Waals surface area contributed by atoms with E-state index < -0.39 is 24.0 Å². The predicted molar refractivity (Wildman–Crippen MR) is 93.6 cm³/mol. The molecule has 0 aromatic heterocycles. The molecule has 2 aromatic carbocycles. The lowest BCUT2D eigenvalue weighted by Crippen LogP contribution is -2.43. The normalized spacial score (nSPS) is 11.2. The molecular weight excluding hydrogens is 341 g/mol. The summed E-state index contributed by atoms with van der Waals surface area (Å²) in [4.78, 5) is 35.3. The molecule has 3 amide bonds. The van der Waals surface area contributed by atoms with Crippen LogP contribution in [0.15, 0.2) is 48.5 Å². The lowest BCUT2D eigenvalue weighted by atomic mass is 10.1. The Bertz CT molecular complexity index is 808. The lowest BCUT2D eigenvalue weighted by molar-refractivity contribution is -0.127. The van der Waals surface area contributed by atoms with Crippen molar-refractivity contribution in [1.82, 2.24) is 10.6 Å². The van der Waals surface area contributed by atoms with Crippen LogP contribution < -0.4 is 16.0 Å². The SMILES string of the molecule is CNC(=O)NC(=O)C(C)OC(=O)c1ccccc1Nc1ccc(F)cc1. The Morgan fingerprint density at radius 1 is 1.04 bits per heavy atom. The Labute approximate surface area is 149 Å². The van der Waals surface area contributed by atoms with Crippen LogP contribution in [0.5, 0.6) is 0 Å². The van der Waals surface area contributed by atoms with Gasteiger partial charge in [0.1, 0.15) is 5.82 Å². The first-order chi connectivity index (χ1) is 12.4. The number of ether oxygens (including phenoxy) is 1. The summed E-state index contributed by atoms with van der Waals surface area (Å²) in [7, 11) is 1.36. The van der Waals surface area contributed by atoms with E-state index in [-0.39, 0.29) is 11.4 Å². The van der Waals surface area contributed by atoms with E-state index in [2.05, 4.69) is 10.6 Å². The second kappa shape index (κ2) is 8.61. The van der Waals surface area contributed by atoms with E-state index >= 15 is 0 Å². The fraction of sp³-hybridized carbons (Fsp3) is 0.167. The highest BCUT2D eigenvalue weighted by atomic mass is 19.1. The van der Waals surface area contributed by atoms with Gasteiger partial charge in [0, 0.05) is 12.7 Å². The molecule has 0 aliphatic rings. The van der Waals surface area contributed by atoms with Gasteiger partial charge in [-0.15, -0.1) is 0 Å². The molecule has 0 saturated carbocycles. The van der Waals surface area contributed by atoms with Gasteiger partial charge in [-0.25, -0.2) is 14.0 Å². The maximum Gasteiger partial charge on any atom is 0.341 e. The van der Waals surface area contributed by atoms with Crippen molar-refractivity contribution >= 4 is 29.3 Å². The average molecular weight is 359 g/mol. The largest absolute Gasteiger partial charge is 0.449 e. The minimum absolute atomic E-state index is 0.191. The minimum atomic E-state index is -1.17. The fourth-order valence-electron chi connectivity index (χ4n) is 2.01. The van der Waals surface area contributed by atoms with Crippen LogP contribution in [0, 0.1) is 5.82 Å². The Kier molecular flexibility index (Phi) is 6.26. The van der Waals surface area contributed by atoms with Gasteiger partial charge in [0.15, 0.2) is 6.10 Å². The second-order valence-electron chi connectivity index (χ2n) is 5.29. The fourth-order valence-corrected chi connectivity index (χ4v) is 2.01. The number of nitrogens with one attached hydrogen (secondary N) is 3. The van der Waals surface area contributed by atoms with E-state index in [1.54, 1.807) is 18.2 Å². The summed E-state index contributed by atoms with van der Waals surface area (Å²) in [6.45, 7) is 1.35. The number of anilines is 2. The summed E-state index contributed by atoms with van der Waals surface area (Å²) in [5.41, 5.74) is 1.21. The molecule has 8 heteroatoms. The topological polar surface area (TPSA) is 96.5 Å². The van der Waals surface area contributed by atoms with Gasteiger partial charge < -0.3 is 15.4 Å². The second-order valence-corrected chi connectivity index (χ2v) is 5.29. The molecule has 2 aromatic rings. The Balaban J connectivity index is 2.10. The Morgan fingerprint density at radius 2 is 1.69 bits per heavy atom. The number of carbonyl (C=O) groups is 3. The standard InChI is InChI=1S/C18H18FN3O4/c1-11(16(23)22-18(25)20-2)26-17(24)14-5-3-4-6-15(14)21-13-9-7-12(19)8-10-13/h3-11,21H,1-2H3,(H2,20,22,23,25). The van der Waals surface area contributed by atoms with Gasteiger partial charge in [-0.3, -0.25) is 10.1 Å². The molecule has 2 rings (SSSR count). The van der Waals surface area contributed by atoms with Crippen molar-refractivity contribution in [3.8, 4) is 0 Å². The molecule has 0 aliphatic heterocycles. The first-order valence-electron chi connectivity index (χ1n) is 7.76. The first kappa shape index (κ1) is 18.9. The van der Waals surface area contributed by atoms with Gasteiger partial charge >= 0.3 is 12.0 Å². The summed E-state index contributed by atoms with van der Waals surface area (Å²) in [6.07, 6.45) is -1.17. The highest BCUT2D eigenvalue weighted by Crippen LogP contribution is 2.22. The van der Waals surface area contributed by atoms with Gasteiger partial charge in [-0.1, -0.05) is 12.1 Å². The number of benzene rings is 2. The van der Waals surface area contributed by atoms with Crippen LogP contribution in [-0.2, 0) is 9.53 Å². The molecule has 7 nitrogen and oxygen atoms in total. The maximum absolute atomic E-state index is 13.0. The molecule has 0 aliphatic carbocycles. The highest BCUT2D eigenvalue weighted by molar-refractivity contribution is 6.00. The molecule has 136 valence electrons. The third-order valence-electron chi connectivity index (χ3n) is 3.39. The van der Waals surface area contributed by atoms with E-state index in [1.165, 1.54) is 44.3 Å². The Hall–Kier alpha value is -3.42. The molecular formula is C18H18FN3O4. The van der Waals surface area contributed by atoms with Crippen LogP contribution in [0.25, 0.3) is 0 Å². The van der Waals surface area contributed by atoms with E-state index in [0.717, 1.165) is 0 Å². The smallest absolute Gasteiger partial charge is 0.341 e. The monoisotopic (exact) mass is 359 g/mol.